The van der Waals surface area contributed by atoms with E-state index < -0.39 is 47.6 Å². The molecule has 0 saturated heterocycles. The van der Waals surface area contributed by atoms with Gasteiger partial charge >= 0.3 is 18.1 Å². The Morgan fingerprint density at radius 1 is 0.946 bits per heavy atom. The standard InChI is InChI=1S/C27H26F3NO6/c1-26(2,3)37-22(32)14-21(25(34)35)31-24(33)20-13-10-17-6-4-5-7-19(17)23(20)36-15-16-8-11-18(12-9-16)27(28,29)30/h4-13,21H,14-15H2,1-3H3,(H,31,33)(H,34,35)/t21-/m0/s1. The number of aliphatic carboxylic acids is 1. The van der Waals surface area contributed by atoms with Crippen molar-refractivity contribution in [3.05, 3.63) is 77.4 Å². The first-order valence-electron chi connectivity index (χ1n) is 11.3. The smallest absolute Gasteiger partial charge is 0.416 e. The molecule has 3 aromatic rings. The molecule has 0 aliphatic heterocycles. The number of benzene rings is 3. The van der Waals surface area contributed by atoms with Crippen LogP contribution in [0.1, 0.15) is 48.7 Å². The Labute approximate surface area is 211 Å². The number of nitrogens with one attached hydrogen (secondary N) is 1. The van der Waals surface area contributed by atoms with Crippen LogP contribution in [0.3, 0.4) is 0 Å². The summed E-state index contributed by atoms with van der Waals surface area (Å²) in [6, 6.07) is 12.9. The van der Waals surface area contributed by atoms with Gasteiger partial charge in [0.1, 0.15) is 24.0 Å². The summed E-state index contributed by atoms with van der Waals surface area (Å²) in [6.45, 7) is 4.75. The molecule has 0 bridgehead atoms. The van der Waals surface area contributed by atoms with Gasteiger partial charge in [-0.05, 0) is 49.9 Å². The molecule has 0 spiro atoms. The molecule has 3 rings (SSSR count). The van der Waals surface area contributed by atoms with Gasteiger partial charge in [0.25, 0.3) is 5.91 Å². The second kappa shape index (κ2) is 10.9. The average Bonchev–Trinajstić information content (AvgIpc) is 2.80. The van der Waals surface area contributed by atoms with Gasteiger partial charge in [-0.2, -0.15) is 13.2 Å². The molecular weight excluding hydrogens is 491 g/mol. The maximum absolute atomic E-state index is 13.1. The molecule has 0 aromatic heterocycles. The number of esters is 1. The maximum atomic E-state index is 13.1. The predicted octanol–water partition coefficient (Wildman–Crippen LogP) is 5.35. The highest BCUT2D eigenvalue weighted by molar-refractivity contribution is 6.05. The summed E-state index contributed by atoms with van der Waals surface area (Å²) in [7, 11) is 0. The van der Waals surface area contributed by atoms with Gasteiger partial charge in [0.15, 0.2) is 0 Å². The van der Waals surface area contributed by atoms with Crippen LogP contribution in [0, 0.1) is 0 Å². The number of halogens is 3. The van der Waals surface area contributed by atoms with Gasteiger partial charge in [-0.25, -0.2) is 4.79 Å². The molecule has 7 nitrogen and oxygen atoms in total. The average molecular weight is 518 g/mol. The molecule has 196 valence electrons. The van der Waals surface area contributed by atoms with Crippen LogP contribution in [0.25, 0.3) is 10.8 Å². The summed E-state index contributed by atoms with van der Waals surface area (Å²) < 4.78 is 49.6. The Bertz CT molecular complexity index is 1300. The van der Waals surface area contributed by atoms with Gasteiger partial charge in [-0.15, -0.1) is 0 Å². The van der Waals surface area contributed by atoms with E-state index in [-0.39, 0.29) is 17.9 Å². The van der Waals surface area contributed by atoms with Gasteiger partial charge in [0.05, 0.1) is 17.5 Å². The van der Waals surface area contributed by atoms with Gasteiger partial charge in [0, 0.05) is 5.39 Å². The van der Waals surface area contributed by atoms with Crippen molar-refractivity contribution in [2.24, 2.45) is 0 Å². The van der Waals surface area contributed by atoms with E-state index in [1.54, 1.807) is 51.1 Å². The van der Waals surface area contributed by atoms with Crippen molar-refractivity contribution in [1.29, 1.82) is 0 Å². The Hall–Kier alpha value is -4.08. The summed E-state index contributed by atoms with van der Waals surface area (Å²) >= 11 is 0. The monoisotopic (exact) mass is 517 g/mol. The van der Waals surface area contributed by atoms with Gasteiger partial charge < -0.3 is 19.9 Å². The van der Waals surface area contributed by atoms with Crippen LogP contribution >= 0.6 is 0 Å². The molecule has 3 aromatic carbocycles. The summed E-state index contributed by atoms with van der Waals surface area (Å²) in [5, 5.41) is 13.2. The minimum absolute atomic E-state index is 0.000973. The van der Waals surface area contributed by atoms with Crippen LogP contribution in [0.15, 0.2) is 60.7 Å². The summed E-state index contributed by atoms with van der Waals surface area (Å²) in [4.78, 5) is 37.0. The fraction of sp³-hybridized carbons (Fsp3) is 0.296. The lowest BCUT2D eigenvalue weighted by Crippen LogP contribution is -2.43. The minimum atomic E-state index is -4.47. The highest BCUT2D eigenvalue weighted by atomic mass is 19.4. The first-order chi connectivity index (χ1) is 17.2. The van der Waals surface area contributed by atoms with Gasteiger partial charge in [-0.1, -0.05) is 42.5 Å². The van der Waals surface area contributed by atoms with Crippen LogP contribution in [0.5, 0.6) is 5.75 Å². The van der Waals surface area contributed by atoms with Crippen molar-refractivity contribution in [3.8, 4) is 5.75 Å². The van der Waals surface area contributed by atoms with Crippen LogP contribution in [-0.2, 0) is 27.1 Å². The number of carbonyl (C=O) groups excluding carboxylic acids is 2. The normalized spacial score (nSPS) is 12.6. The van der Waals surface area contributed by atoms with E-state index in [1.165, 1.54) is 18.2 Å². The maximum Gasteiger partial charge on any atom is 0.416 e. The van der Waals surface area contributed by atoms with Crippen LogP contribution < -0.4 is 10.1 Å². The number of amides is 1. The van der Waals surface area contributed by atoms with Gasteiger partial charge in [0.2, 0.25) is 0 Å². The molecule has 1 amide bonds. The van der Waals surface area contributed by atoms with E-state index in [0.717, 1.165) is 17.5 Å². The van der Waals surface area contributed by atoms with Crippen molar-refractivity contribution in [1.82, 2.24) is 5.32 Å². The van der Waals surface area contributed by atoms with E-state index in [9.17, 15) is 32.7 Å². The minimum Gasteiger partial charge on any atom is -0.487 e. The number of rotatable bonds is 8. The summed E-state index contributed by atoms with van der Waals surface area (Å²) in [5.74, 6) is -2.90. The molecule has 1 atom stereocenters. The Kier molecular flexibility index (Phi) is 8.10. The topological polar surface area (TPSA) is 102 Å². The highest BCUT2D eigenvalue weighted by Crippen LogP contribution is 2.32. The number of alkyl halides is 3. The number of hydrogen-bond donors (Lipinski definition) is 2. The highest BCUT2D eigenvalue weighted by Gasteiger charge is 2.30. The van der Waals surface area contributed by atoms with Crippen LogP contribution in [-0.4, -0.2) is 34.6 Å². The molecule has 37 heavy (non-hydrogen) atoms. The summed E-state index contributed by atoms with van der Waals surface area (Å²) in [5.41, 5.74) is -1.20. The second-order valence-electron chi connectivity index (χ2n) is 9.30. The van der Waals surface area contributed by atoms with Crippen molar-refractivity contribution < 1.29 is 42.1 Å². The Balaban J connectivity index is 1.86. The Morgan fingerprint density at radius 3 is 2.19 bits per heavy atom. The lowest BCUT2D eigenvalue weighted by atomic mass is 10.0. The van der Waals surface area contributed by atoms with Crippen molar-refractivity contribution in [2.75, 3.05) is 0 Å². The third kappa shape index (κ3) is 7.45. The largest absolute Gasteiger partial charge is 0.487 e. The zero-order valence-electron chi connectivity index (χ0n) is 20.4. The number of carboxylic acids is 1. The van der Waals surface area contributed by atoms with Crippen LogP contribution in [0.4, 0.5) is 13.2 Å². The molecule has 0 radical (unpaired) electrons. The number of ether oxygens (including phenoxy) is 2. The van der Waals surface area contributed by atoms with Crippen molar-refractivity contribution in [3.63, 3.8) is 0 Å². The molecule has 0 aliphatic carbocycles. The first kappa shape index (κ1) is 27.5. The van der Waals surface area contributed by atoms with Crippen molar-refractivity contribution in [2.45, 2.75) is 51.6 Å². The number of carboxylic acid groups (broad SMARTS) is 1. The number of fused-ring (bicyclic) bond motifs is 1. The third-order valence-corrected chi connectivity index (χ3v) is 5.18. The molecule has 0 unspecified atom stereocenters. The lowest BCUT2D eigenvalue weighted by molar-refractivity contribution is -0.158. The molecule has 0 saturated carbocycles. The fourth-order valence-corrected chi connectivity index (χ4v) is 3.51. The van der Waals surface area contributed by atoms with E-state index in [1.807, 2.05) is 0 Å². The molecule has 10 heteroatoms. The van der Waals surface area contributed by atoms with Crippen molar-refractivity contribution >= 4 is 28.6 Å². The van der Waals surface area contributed by atoms with E-state index >= 15 is 0 Å². The number of carbonyl (C=O) groups is 3. The zero-order chi connectivity index (χ0) is 27.4. The lowest BCUT2D eigenvalue weighted by Gasteiger charge is -2.22. The number of hydrogen-bond acceptors (Lipinski definition) is 5. The SMILES string of the molecule is CC(C)(C)OC(=O)C[C@H](NC(=O)c1ccc2ccccc2c1OCc1ccc(C(F)(F)F)cc1)C(=O)O. The molecule has 0 heterocycles. The molecule has 0 aliphatic rings. The Morgan fingerprint density at radius 2 is 1.59 bits per heavy atom. The van der Waals surface area contributed by atoms with E-state index in [4.69, 9.17) is 9.47 Å². The third-order valence-electron chi connectivity index (χ3n) is 5.18. The van der Waals surface area contributed by atoms with Crippen LogP contribution in [0.2, 0.25) is 0 Å². The van der Waals surface area contributed by atoms with Gasteiger partial charge in [-0.3, -0.25) is 9.59 Å². The molecule has 0 fully saturated rings. The van der Waals surface area contributed by atoms with E-state index in [2.05, 4.69) is 5.32 Å². The molecular formula is C27H26F3NO6. The zero-order valence-corrected chi connectivity index (χ0v) is 20.4. The second-order valence-corrected chi connectivity index (χ2v) is 9.30. The predicted molar refractivity (Wildman–Crippen MR) is 129 cm³/mol. The van der Waals surface area contributed by atoms with E-state index in [0.29, 0.717) is 10.9 Å². The molecule has 2 N–H and O–H groups in total. The summed E-state index contributed by atoms with van der Waals surface area (Å²) in [6.07, 6.45) is -5.06. The fourth-order valence-electron chi connectivity index (χ4n) is 3.51. The first-order valence-corrected chi connectivity index (χ1v) is 11.3. The quantitative estimate of drug-likeness (QED) is 0.391.